The fraction of sp³-hybridized carbons (Fsp3) is 0.600. The lowest BCUT2D eigenvalue weighted by Gasteiger charge is -2.19. The molecule has 0 aliphatic carbocycles. The quantitative estimate of drug-likeness (QED) is 0.620. The van der Waals surface area contributed by atoms with Crippen LogP contribution in [0.25, 0.3) is 0 Å². The molecule has 1 atom stereocenters. The van der Waals surface area contributed by atoms with Gasteiger partial charge in [0.2, 0.25) is 0 Å². The maximum atomic E-state index is 5.61. The fourth-order valence-electron chi connectivity index (χ4n) is 2.11. The Morgan fingerprint density at radius 1 is 1.17 bits per heavy atom. The van der Waals surface area contributed by atoms with Crippen molar-refractivity contribution in [2.24, 2.45) is 0 Å². The van der Waals surface area contributed by atoms with Crippen molar-refractivity contribution in [3.8, 4) is 5.75 Å². The topological polar surface area (TPSA) is 18.5 Å². The normalized spacial score (nSPS) is 12.4. The predicted octanol–water partition coefficient (Wildman–Crippen LogP) is 5.12. The molecule has 0 saturated heterocycles. The van der Waals surface area contributed by atoms with Crippen LogP contribution < -0.4 is 4.74 Å². The molecule has 0 radical (unpaired) electrons. The molecule has 1 rings (SSSR count). The Morgan fingerprint density at radius 2 is 1.94 bits per heavy atom. The van der Waals surface area contributed by atoms with Crippen molar-refractivity contribution in [1.29, 1.82) is 0 Å². The average molecular weight is 315 g/mol. The lowest BCUT2D eigenvalue weighted by molar-refractivity contribution is 0.0907. The van der Waals surface area contributed by atoms with E-state index in [1.165, 1.54) is 25.7 Å². The third-order valence-electron chi connectivity index (χ3n) is 3.14. The van der Waals surface area contributed by atoms with E-state index in [1.54, 1.807) is 14.2 Å². The first-order valence-electron chi connectivity index (χ1n) is 6.59. The van der Waals surface area contributed by atoms with Crippen LogP contribution >= 0.6 is 15.9 Å². The van der Waals surface area contributed by atoms with Crippen LogP contribution in [0.5, 0.6) is 5.75 Å². The molecular weight excluding hydrogens is 292 g/mol. The third-order valence-corrected chi connectivity index (χ3v) is 3.64. The second-order valence-corrected chi connectivity index (χ2v) is 5.38. The zero-order valence-corrected chi connectivity index (χ0v) is 13.1. The van der Waals surface area contributed by atoms with Gasteiger partial charge < -0.3 is 9.47 Å². The summed E-state index contributed by atoms with van der Waals surface area (Å²) in [6, 6.07) is 6.07. The first kappa shape index (κ1) is 15.5. The van der Waals surface area contributed by atoms with Gasteiger partial charge in [-0.3, -0.25) is 0 Å². The summed E-state index contributed by atoms with van der Waals surface area (Å²) in [6.07, 6.45) is 6.19. The van der Waals surface area contributed by atoms with Crippen LogP contribution in [0.3, 0.4) is 0 Å². The van der Waals surface area contributed by atoms with Crippen molar-refractivity contribution < 1.29 is 9.47 Å². The second kappa shape index (κ2) is 8.54. The van der Waals surface area contributed by atoms with Crippen molar-refractivity contribution in [1.82, 2.24) is 0 Å². The highest BCUT2D eigenvalue weighted by Crippen LogP contribution is 2.33. The zero-order chi connectivity index (χ0) is 13.4. The third kappa shape index (κ3) is 4.62. The van der Waals surface area contributed by atoms with Crippen molar-refractivity contribution in [2.45, 2.75) is 45.1 Å². The van der Waals surface area contributed by atoms with Crippen LogP contribution in [-0.4, -0.2) is 14.2 Å². The molecule has 1 aromatic rings. The summed E-state index contributed by atoms with van der Waals surface area (Å²) < 4.78 is 12.1. The molecule has 0 aliphatic heterocycles. The first-order chi connectivity index (χ1) is 8.72. The van der Waals surface area contributed by atoms with Gasteiger partial charge >= 0.3 is 0 Å². The summed E-state index contributed by atoms with van der Waals surface area (Å²) in [6.45, 7) is 2.23. The van der Waals surface area contributed by atoms with Crippen molar-refractivity contribution in [3.63, 3.8) is 0 Å². The van der Waals surface area contributed by atoms with Crippen LogP contribution in [0.4, 0.5) is 0 Å². The number of benzene rings is 1. The van der Waals surface area contributed by atoms with E-state index >= 15 is 0 Å². The summed E-state index contributed by atoms with van der Waals surface area (Å²) >= 11 is 3.50. The summed E-state index contributed by atoms with van der Waals surface area (Å²) in [5.74, 6) is 0.903. The Kier molecular flexibility index (Phi) is 7.36. The summed E-state index contributed by atoms with van der Waals surface area (Å²) in [5.41, 5.74) is 1.13. The van der Waals surface area contributed by atoms with Gasteiger partial charge in [-0.05, 0) is 24.6 Å². The van der Waals surface area contributed by atoms with E-state index in [0.29, 0.717) is 0 Å². The van der Waals surface area contributed by atoms with E-state index in [-0.39, 0.29) is 6.10 Å². The van der Waals surface area contributed by atoms with Crippen LogP contribution in [0.15, 0.2) is 22.7 Å². The lowest BCUT2D eigenvalue weighted by Crippen LogP contribution is -2.04. The van der Waals surface area contributed by atoms with E-state index in [2.05, 4.69) is 28.9 Å². The number of methoxy groups -OCH3 is 2. The van der Waals surface area contributed by atoms with Gasteiger partial charge in [-0.25, -0.2) is 0 Å². The minimum absolute atomic E-state index is 0.120. The fourth-order valence-corrected chi connectivity index (χ4v) is 2.49. The molecule has 0 fully saturated rings. The molecule has 0 aromatic heterocycles. The largest absolute Gasteiger partial charge is 0.496 e. The number of unbranched alkanes of at least 4 members (excludes halogenated alkanes) is 3. The monoisotopic (exact) mass is 314 g/mol. The molecule has 2 nitrogen and oxygen atoms in total. The highest BCUT2D eigenvalue weighted by Gasteiger charge is 2.15. The van der Waals surface area contributed by atoms with Gasteiger partial charge in [0.15, 0.2) is 0 Å². The van der Waals surface area contributed by atoms with E-state index in [0.717, 1.165) is 22.2 Å². The molecule has 0 saturated carbocycles. The van der Waals surface area contributed by atoms with Gasteiger partial charge in [0.25, 0.3) is 0 Å². The minimum atomic E-state index is 0.120. The molecule has 0 heterocycles. The Labute approximate surface area is 119 Å². The van der Waals surface area contributed by atoms with Gasteiger partial charge in [-0.15, -0.1) is 0 Å². The standard InChI is InChI=1S/C15H23BrO2/c1-4-5-6-7-8-14(17-2)13-11-12(16)9-10-15(13)18-3/h9-11,14H,4-8H2,1-3H3. The Morgan fingerprint density at radius 3 is 2.56 bits per heavy atom. The SMILES string of the molecule is CCCCCCC(OC)c1cc(Br)ccc1OC. The van der Waals surface area contributed by atoms with Gasteiger partial charge in [0.05, 0.1) is 13.2 Å². The summed E-state index contributed by atoms with van der Waals surface area (Å²) in [7, 11) is 3.47. The van der Waals surface area contributed by atoms with Crippen molar-refractivity contribution >= 4 is 15.9 Å². The Balaban J connectivity index is 2.71. The summed E-state index contributed by atoms with van der Waals surface area (Å²) in [4.78, 5) is 0. The zero-order valence-electron chi connectivity index (χ0n) is 11.5. The van der Waals surface area contributed by atoms with Gasteiger partial charge in [0, 0.05) is 17.1 Å². The second-order valence-electron chi connectivity index (χ2n) is 4.46. The highest BCUT2D eigenvalue weighted by molar-refractivity contribution is 9.10. The molecule has 0 N–H and O–H groups in total. The summed E-state index contributed by atoms with van der Waals surface area (Å²) in [5, 5.41) is 0. The molecule has 0 aliphatic rings. The van der Waals surface area contributed by atoms with Crippen LogP contribution in [0.1, 0.15) is 50.7 Å². The number of hydrogen-bond acceptors (Lipinski definition) is 2. The number of hydrogen-bond donors (Lipinski definition) is 0. The van der Waals surface area contributed by atoms with E-state index < -0.39 is 0 Å². The Bertz CT molecular complexity index is 352. The van der Waals surface area contributed by atoms with Crippen LogP contribution in [-0.2, 0) is 4.74 Å². The number of rotatable bonds is 8. The molecule has 1 unspecified atom stereocenters. The smallest absolute Gasteiger partial charge is 0.124 e. The molecule has 0 bridgehead atoms. The number of halogens is 1. The minimum Gasteiger partial charge on any atom is -0.496 e. The van der Waals surface area contributed by atoms with E-state index in [1.807, 2.05) is 12.1 Å². The molecule has 0 spiro atoms. The first-order valence-corrected chi connectivity index (χ1v) is 7.38. The molecule has 102 valence electrons. The molecular formula is C15H23BrO2. The maximum Gasteiger partial charge on any atom is 0.124 e. The van der Waals surface area contributed by atoms with E-state index in [4.69, 9.17) is 9.47 Å². The average Bonchev–Trinajstić information content (AvgIpc) is 2.39. The van der Waals surface area contributed by atoms with Gasteiger partial charge in [-0.1, -0.05) is 48.5 Å². The predicted molar refractivity (Wildman–Crippen MR) is 79.2 cm³/mol. The lowest BCUT2D eigenvalue weighted by atomic mass is 10.0. The molecule has 3 heteroatoms. The van der Waals surface area contributed by atoms with Gasteiger partial charge in [-0.2, -0.15) is 0 Å². The number of ether oxygens (including phenoxy) is 2. The van der Waals surface area contributed by atoms with Crippen molar-refractivity contribution in [2.75, 3.05) is 14.2 Å². The molecule has 0 amide bonds. The highest BCUT2D eigenvalue weighted by atomic mass is 79.9. The van der Waals surface area contributed by atoms with E-state index in [9.17, 15) is 0 Å². The van der Waals surface area contributed by atoms with Crippen LogP contribution in [0.2, 0.25) is 0 Å². The molecule has 1 aromatic carbocycles. The Hall–Kier alpha value is -0.540. The van der Waals surface area contributed by atoms with Crippen LogP contribution in [0, 0.1) is 0 Å². The van der Waals surface area contributed by atoms with Gasteiger partial charge in [0.1, 0.15) is 5.75 Å². The molecule has 18 heavy (non-hydrogen) atoms. The van der Waals surface area contributed by atoms with Crippen molar-refractivity contribution in [3.05, 3.63) is 28.2 Å². The maximum absolute atomic E-state index is 5.61.